The fourth-order valence-electron chi connectivity index (χ4n) is 3.37. The van der Waals surface area contributed by atoms with Crippen LogP contribution in [0, 0.1) is 0 Å². The van der Waals surface area contributed by atoms with Crippen molar-refractivity contribution < 1.29 is 8.85 Å². The maximum absolute atomic E-state index is 6.35. The van der Waals surface area contributed by atoms with E-state index in [0.717, 1.165) is 70.8 Å². The van der Waals surface area contributed by atoms with Gasteiger partial charge in [0, 0.05) is 24.5 Å². The van der Waals surface area contributed by atoms with E-state index in [-0.39, 0.29) is 0 Å². The Morgan fingerprint density at radius 1 is 0.630 bits per heavy atom. The number of nitrogen functional groups attached to an aromatic ring is 2. The highest BCUT2D eigenvalue weighted by Crippen LogP contribution is 2.30. The van der Waals surface area contributed by atoms with Gasteiger partial charge in [0.05, 0.1) is 0 Å². The Kier molecular flexibility index (Phi) is 6.82. The van der Waals surface area contributed by atoms with Crippen LogP contribution in [0.4, 0.5) is 11.4 Å². The predicted molar refractivity (Wildman–Crippen MR) is 118 cm³/mol. The fourth-order valence-corrected chi connectivity index (χ4v) is 4.78. The molecule has 0 spiro atoms. The Morgan fingerprint density at radius 2 is 0.889 bits per heavy atom. The second-order valence-electron chi connectivity index (χ2n) is 7.33. The van der Waals surface area contributed by atoms with Crippen LogP contribution in [0.3, 0.4) is 0 Å². The van der Waals surface area contributed by atoms with Gasteiger partial charge < -0.3 is 20.3 Å². The first-order valence-corrected chi connectivity index (χ1v) is 12.8. The molecule has 148 valence electrons. The summed E-state index contributed by atoms with van der Waals surface area (Å²) in [4.78, 5) is 0. The summed E-state index contributed by atoms with van der Waals surface area (Å²) in [6.45, 7) is 12.6. The molecule has 0 unspecified atom stereocenters. The average molecular weight is 387 g/mol. The number of nitrogens with two attached hydrogens (primary N) is 2. The molecule has 2 aromatic rings. The number of hydrogen-bond donors (Lipinski definition) is 2. The minimum Gasteiger partial charge on any atom is -0.512 e. The summed E-state index contributed by atoms with van der Waals surface area (Å²) in [7, 11) is -2.44. The molecule has 5 heteroatoms. The Hall–Kier alpha value is -2.14. The summed E-state index contributed by atoms with van der Waals surface area (Å²) in [6, 6.07) is 8.18. The lowest BCUT2D eigenvalue weighted by Crippen LogP contribution is -2.42. The summed E-state index contributed by atoms with van der Waals surface area (Å²) < 4.78 is 12.7. The summed E-state index contributed by atoms with van der Waals surface area (Å²) in [6.07, 6.45) is 3.54. The van der Waals surface area contributed by atoms with Crippen LogP contribution in [0.2, 0.25) is 13.1 Å². The van der Waals surface area contributed by atoms with Crippen molar-refractivity contribution in [2.45, 2.75) is 66.5 Å². The molecule has 2 rings (SSSR count). The lowest BCUT2D eigenvalue weighted by molar-refractivity contribution is 0.399. The molecule has 4 N–H and O–H groups in total. The highest BCUT2D eigenvalue weighted by Gasteiger charge is 2.30. The normalized spacial score (nSPS) is 11.5. The van der Waals surface area contributed by atoms with E-state index in [2.05, 4.69) is 40.8 Å². The van der Waals surface area contributed by atoms with Crippen molar-refractivity contribution in [1.29, 1.82) is 0 Å². The van der Waals surface area contributed by atoms with Crippen molar-refractivity contribution in [3.8, 4) is 11.5 Å². The number of anilines is 2. The van der Waals surface area contributed by atoms with Crippen LogP contribution in [0.1, 0.15) is 49.9 Å². The quantitative estimate of drug-likeness (QED) is 0.479. The first-order chi connectivity index (χ1) is 12.7. The molecule has 0 bridgehead atoms. The molecule has 0 atom stereocenters. The van der Waals surface area contributed by atoms with Crippen LogP contribution in [-0.4, -0.2) is 8.56 Å². The van der Waals surface area contributed by atoms with Gasteiger partial charge in [-0.3, -0.25) is 0 Å². The Bertz CT molecular complexity index is 687. The van der Waals surface area contributed by atoms with E-state index in [0.29, 0.717) is 0 Å². The lowest BCUT2D eigenvalue weighted by atomic mass is 10.0. The second kappa shape index (κ2) is 8.70. The van der Waals surface area contributed by atoms with Crippen LogP contribution in [0.15, 0.2) is 24.3 Å². The van der Waals surface area contributed by atoms with Crippen LogP contribution < -0.4 is 20.3 Å². The minimum atomic E-state index is -2.44. The third kappa shape index (κ3) is 4.98. The van der Waals surface area contributed by atoms with Gasteiger partial charge in [0.1, 0.15) is 11.5 Å². The van der Waals surface area contributed by atoms with Gasteiger partial charge in [0.15, 0.2) is 0 Å². The molecule has 2 aromatic carbocycles. The molecule has 0 saturated heterocycles. The average Bonchev–Trinajstić information content (AvgIpc) is 2.63. The maximum atomic E-state index is 6.35. The zero-order valence-corrected chi connectivity index (χ0v) is 18.6. The van der Waals surface area contributed by atoms with Crippen molar-refractivity contribution in [1.82, 2.24) is 0 Å². The Morgan fingerprint density at radius 3 is 1.11 bits per heavy atom. The van der Waals surface area contributed by atoms with Gasteiger partial charge in [-0.15, -0.1) is 0 Å². The van der Waals surface area contributed by atoms with Crippen LogP contribution in [-0.2, 0) is 25.7 Å². The molecule has 0 aliphatic carbocycles. The molecule has 0 saturated carbocycles. The fraction of sp³-hybridized carbons (Fsp3) is 0.455. The topological polar surface area (TPSA) is 70.5 Å². The zero-order chi connectivity index (χ0) is 20.2. The van der Waals surface area contributed by atoms with Crippen molar-refractivity contribution in [2.75, 3.05) is 11.5 Å². The van der Waals surface area contributed by atoms with Gasteiger partial charge in [0.2, 0.25) is 0 Å². The minimum absolute atomic E-state index is 0.844. The SMILES string of the molecule is CCc1cc(O[Si](C)(C)Oc2cc(CC)c(N)c(CC)c2)cc(CC)c1N. The molecule has 0 aromatic heterocycles. The molecule has 0 radical (unpaired) electrons. The number of rotatable bonds is 8. The Balaban J connectivity index is 2.30. The van der Waals surface area contributed by atoms with Crippen LogP contribution >= 0.6 is 0 Å². The molecule has 0 aliphatic heterocycles. The molecule has 0 heterocycles. The molecule has 0 amide bonds. The summed E-state index contributed by atoms with van der Waals surface area (Å²) in [5, 5.41) is 0. The van der Waals surface area contributed by atoms with Gasteiger partial charge in [-0.2, -0.15) is 0 Å². The van der Waals surface area contributed by atoms with Crippen LogP contribution in [0.5, 0.6) is 11.5 Å². The highest BCUT2D eigenvalue weighted by molar-refractivity contribution is 6.66. The second-order valence-corrected chi connectivity index (χ2v) is 10.5. The van der Waals surface area contributed by atoms with Gasteiger partial charge in [-0.25, -0.2) is 0 Å². The standard InChI is InChI=1S/C22H34N2O2Si/c1-7-15-11-19(12-16(8-2)21(15)23)25-27(5,6)26-20-13-17(9-3)22(24)18(10-4)14-20/h11-14H,7-10,23-24H2,1-6H3. The van der Waals surface area contributed by atoms with Crippen LogP contribution in [0.25, 0.3) is 0 Å². The van der Waals surface area contributed by atoms with E-state index in [4.69, 9.17) is 20.3 Å². The molecular weight excluding hydrogens is 352 g/mol. The van der Waals surface area contributed by atoms with Crippen molar-refractivity contribution in [3.05, 3.63) is 46.5 Å². The van der Waals surface area contributed by atoms with Gasteiger partial charge in [0.25, 0.3) is 0 Å². The van der Waals surface area contributed by atoms with Crippen molar-refractivity contribution >= 4 is 19.9 Å². The highest BCUT2D eigenvalue weighted by atomic mass is 28.4. The Labute approximate surface area is 165 Å². The molecule has 27 heavy (non-hydrogen) atoms. The van der Waals surface area contributed by atoms with E-state index in [1.54, 1.807) is 0 Å². The zero-order valence-electron chi connectivity index (χ0n) is 17.6. The third-order valence-corrected chi connectivity index (χ3v) is 6.36. The van der Waals surface area contributed by atoms with Gasteiger partial charge >= 0.3 is 8.56 Å². The lowest BCUT2D eigenvalue weighted by Gasteiger charge is -2.26. The largest absolute Gasteiger partial charge is 0.512 e. The van der Waals surface area contributed by atoms with Crippen molar-refractivity contribution in [3.63, 3.8) is 0 Å². The summed E-state index contributed by atoms with van der Waals surface area (Å²) in [5.41, 5.74) is 18.8. The monoisotopic (exact) mass is 386 g/mol. The molecule has 4 nitrogen and oxygen atoms in total. The third-order valence-electron chi connectivity index (χ3n) is 4.90. The maximum Gasteiger partial charge on any atom is 0.454 e. The van der Waals surface area contributed by atoms with E-state index in [1.807, 2.05) is 24.3 Å². The number of aryl methyl sites for hydroxylation is 4. The molecule has 0 fully saturated rings. The molecule has 0 aliphatic rings. The van der Waals surface area contributed by atoms with Crippen molar-refractivity contribution in [2.24, 2.45) is 0 Å². The molecular formula is C22H34N2O2Si. The van der Waals surface area contributed by atoms with Gasteiger partial charge in [-0.05, 0) is 72.2 Å². The summed E-state index contributed by atoms with van der Waals surface area (Å²) in [5.74, 6) is 1.69. The summed E-state index contributed by atoms with van der Waals surface area (Å²) >= 11 is 0. The van der Waals surface area contributed by atoms with Gasteiger partial charge in [-0.1, -0.05) is 27.7 Å². The first kappa shape index (κ1) is 21.2. The predicted octanol–water partition coefficient (Wildman–Crippen LogP) is 5.26. The number of benzene rings is 2. The van der Waals surface area contributed by atoms with E-state index >= 15 is 0 Å². The van der Waals surface area contributed by atoms with E-state index < -0.39 is 8.56 Å². The number of hydrogen-bond acceptors (Lipinski definition) is 4. The van der Waals surface area contributed by atoms with E-state index in [1.165, 1.54) is 0 Å². The smallest absolute Gasteiger partial charge is 0.454 e. The first-order valence-electron chi connectivity index (χ1n) is 9.95. The van der Waals surface area contributed by atoms with E-state index in [9.17, 15) is 0 Å².